The minimum atomic E-state index is -6.76. The molecule has 0 aromatic heterocycles. The third-order valence-electron chi connectivity index (χ3n) is 1.38. The van der Waals surface area contributed by atoms with Crippen LogP contribution in [0.5, 0.6) is 0 Å². The molecule has 0 saturated heterocycles. The summed E-state index contributed by atoms with van der Waals surface area (Å²) in [5, 5.41) is 0. The largest absolute Gasteiger partial charge is 0.584 e. The van der Waals surface area contributed by atoms with E-state index in [4.69, 9.17) is 0 Å². The molecule has 0 unspecified atom stereocenters. The van der Waals surface area contributed by atoms with Gasteiger partial charge in [0.2, 0.25) is 4.05 Å². The highest BCUT2D eigenvalue weighted by Gasteiger charge is 2.80. The Balaban J connectivity index is 5.38. The molecule has 0 spiro atoms. The first-order chi connectivity index (χ1) is 6.31. The Hall–Kier alpha value is 0.616. The summed E-state index contributed by atoms with van der Waals surface area (Å²) in [6.45, 7) is 0. The smallest absolute Gasteiger partial charge is 0.294 e. The lowest BCUT2D eigenvalue weighted by Gasteiger charge is -2.33. The molecule has 0 aliphatic rings. The fourth-order valence-corrected chi connectivity index (χ4v) is 1.94. The SMILES string of the molecule is FC(F)(F)C(F)(F)C(F)(F)[C](F)(F)[Mg][Br]. The molecule has 0 fully saturated rings. The van der Waals surface area contributed by atoms with Crippen LogP contribution in [0.3, 0.4) is 0 Å². The summed E-state index contributed by atoms with van der Waals surface area (Å²) in [5.41, 5.74) is 0. The predicted molar refractivity (Wildman–Crippen MR) is 35.6 cm³/mol. The zero-order valence-corrected chi connectivity index (χ0v) is 9.49. The quantitative estimate of drug-likeness (QED) is 0.551. The average molecular weight is 323 g/mol. The summed E-state index contributed by atoms with van der Waals surface area (Å²) in [5.74, 6) is -13.2. The molecular formula is C4BrF9Mg. The normalized spacial score (nSPS) is 15.1. The average Bonchev–Trinajstić information content (AvgIpc) is 2.01. The highest BCUT2D eigenvalue weighted by molar-refractivity contribution is 9.23. The van der Waals surface area contributed by atoms with Gasteiger partial charge in [0, 0.05) is 0 Å². The minimum Gasteiger partial charge on any atom is -0.294 e. The Morgan fingerprint density at radius 2 is 1.00 bits per heavy atom. The van der Waals surface area contributed by atoms with Gasteiger partial charge in [-0.15, -0.1) is 0 Å². The van der Waals surface area contributed by atoms with Gasteiger partial charge in [0.05, 0.1) is 0 Å². The number of halogens is 10. The molecule has 0 amide bonds. The van der Waals surface area contributed by atoms with Gasteiger partial charge in [-0.2, -0.15) is 30.7 Å². The second kappa shape index (κ2) is 4.13. The maximum absolute atomic E-state index is 12.3. The summed E-state index contributed by atoms with van der Waals surface area (Å²) < 4.78 is 102. The second-order valence-corrected chi connectivity index (χ2v) is 5.32. The van der Waals surface area contributed by atoms with Crippen LogP contribution >= 0.6 is 12.9 Å². The highest BCUT2D eigenvalue weighted by Crippen LogP contribution is 2.52. The molecule has 0 nitrogen and oxygen atoms in total. The van der Waals surface area contributed by atoms with E-state index in [9.17, 15) is 39.5 Å². The Kier molecular flexibility index (Phi) is 4.30. The lowest BCUT2D eigenvalue weighted by Crippen LogP contribution is -2.62. The van der Waals surface area contributed by atoms with Crippen molar-refractivity contribution in [2.45, 2.75) is 22.1 Å². The van der Waals surface area contributed by atoms with Crippen molar-refractivity contribution < 1.29 is 39.5 Å². The van der Waals surface area contributed by atoms with Crippen LogP contribution < -0.4 is 0 Å². The van der Waals surface area contributed by atoms with Crippen LogP contribution in [-0.4, -0.2) is 40.3 Å². The predicted octanol–water partition coefficient (Wildman–Crippen LogP) is 3.43. The van der Waals surface area contributed by atoms with E-state index in [-0.39, 0.29) is 0 Å². The van der Waals surface area contributed by atoms with Gasteiger partial charge in [-0.1, -0.05) is 0 Å². The maximum Gasteiger partial charge on any atom is 0.584 e. The monoisotopic (exact) mass is 322 g/mol. The molecule has 0 heterocycles. The molecule has 0 saturated carbocycles. The van der Waals surface area contributed by atoms with Gasteiger partial charge in [0.25, 0.3) is 0 Å². The molecule has 0 aromatic carbocycles. The van der Waals surface area contributed by atoms with Crippen LogP contribution in [0.15, 0.2) is 0 Å². The van der Waals surface area contributed by atoms with E-state index in [1.54, 1.807) is 0 Å². The van der Waals surface area contributed by atoms with Crippen molar-refractivity contribution in [1.29, 1.82) is 0 Å². The topological polar surface area (TPSA) is 0 Å². The zero-order valence-electron chi connectivity index (χ0n) is 6.49. The van der Waals surface area contributed by atoms with Crippen molar-refractivity contribution in [3.8, 4) is 0 Å². The minimum absolute atomic E-state index is 1.87. The van der Waals surface area contributed by atoms with Crippen molar-refractivity contribution >= 4 is 31.1 Å². The fraction of sp³-hybridized carbons (Fsp3) is 1.00. The van der Waals surface area contributed by atoms with Gasteiger partial charge >= 0.3 is 36.2 Å². The molecule has 11 heteroatoms. The van der Waals surface area contributed by atoms with Crippen LogP contribution in [-0.2, 0) is 0 Å². The zero-order chi connectivity index (χ0) is 12.7. The Labute approximate surface area is 92.8 Å². The molecule has 0 rings (SSSR count). The Bertz CT molecular complexity index is 233. The maximum atomic E-state index is 12.3. The molecule has 0 bridgehead atoms. The standard InChI is InChI=1S/C4F9.BrH.Mg/c5-1(6)2(7,8)3(9,10)4(11,12)13;;/h;1H;/q;;+1/p-1. The molecule has 0 aromatic rings. The number of hydrogen-bond donors (Lipinski definition) is 0. The van der Waals surface area contributed by atoms with Crippen molar-refractivity contribution in [3.63, 3.8) is 0 Å². The van der Waals surface area contributed by atoms with Crippen molar-refractivity contribution in [3.05, 3.63) is 0 Å². The summed E-state index contributed by atoms with van der Waals surface area (Å²) in [6, 6.07) is 0. The van der Waals surface area contributed by atoms with Gasteiger partial charge in [-0.25, -0.2) is 8.78 Å². The third kappa shape index (κ3) is 2.48. The fourth-order valence-electron chi connectivity index (χ4n) is 0.492. The van der Waals surface area contributed by atoms with E-state index >= 15 is 0 Å². The van der Waals surface area contributed by atoms with Crippen LogP contribution in [0, 0.1) is 0 Å². The molecule has 0 atom stereocenters. The molecule has 0 N–H and O–H groups in total. The summed E-state index contributed by atoms with van der Waals surface area (Å²) in [4.78, 5) is 0. The molecular weight excluding hydrogens is 323 g/mol. The van der Waals surface area contributed by atoms with E-state index in [0.29, 0.717) is 0 Å². The van der Waals surface area contributed by atoms with E-state index in [1.165, 1.54) is 0 Å². The summed E-state index contributed by atoms with van der Waals surface area (Å²) in [6.07, 6.45) is -6.73. The Morgan fingerprint density at radius 1 is 0.667 bits per heavy atom. The van der Waals surface area contributed by atoms with E-state index in [0.717, 1.165) is 0 Å². The number of alkyl halides is 9. The first kappa shape index (κ1) is 15.6. The van der Waals surface area contributed by atoms with Crippen molar-refractivity contribution in [1.82, 2.24) is 0 Å². The highest BCUT2D eigenvalue weighted by atomic mass is 79.9. The van der Waals surface area contributed by atoms with Crippen LogP contribution in [0.2, 0.25) is 0 Å². The molecule has 15 heavy (non-hydrogen) atoms. The van der Waals surface area contributed by atoms with Gasteiger partial charge in [-0.3, -0.25) is 12.9 Å². The first-order valence-electron chi connectivity index (χ1n) is 3.07. The second-order valence-electron chi connectivity index (χ2n) is 2.48. The van der Waals surface area contributed by atoms with Gasteiger partial charge in [0.15, 0.2) is 0 Å². The Morgan fingerprint density at radius 3 is 1.20 bits per heavy atom. The number of rotatable bonds is 3. The van der Waals surface area contributed by atoms with E-state index in [1.807, 2.05) is 12.9 Å². The van der Waals surface area contributed by atoms with E-state index in [2.05, 4.69) is 0 Å². The van der Waals surface area contributed by atoms with E-state index < -0.39 is 40.3 Å². The van der Waals surface area contributed by atoms with Crippen molar-refractivity contribution in [2.24, 2.45) is 0 Å². The third-order valence-corrected chi connectivity index (χ3v) is 4.27. The van der Waals surface area contributed by atoms with Crippen molar-refractivity contribution in [2.75, 3.05) is 0 Å². The summed E-state index contributed by atoms with van der Waals surface area (Å²) in [7, 11) is 0. The number of hydrogen-bond acceptors (Lipinski definition) is 0. The molecule has 0 aliphatic heterocycles. The lowest BCUT2D eigenvalue weighted by atomic mass is 10.1. The summed E-state index contributed by atoms with van der Waals surface area (Å²) >= 11 is -1.38. The van der Waals surface area contributed by atoms with Gasteiger partial charge < -0.3 is 0 Å². The lowest BCUT2D eigenvalue weighted by molar-refractivity contribution is -0.382. The van der Waals surface area contributed by atoms with Crippen LogP contribution in [0.25, 0.3) is 0 Å². The van der Waals surface area contributed by atoms with Gasteiger partial charge in [0.1, 0.15) is 0 Å². The van der Waals surface area contributed by atoms with Crippen LogP contribution in [0.4, 0.5) is 39.5 Å². The van der Waals surface area contributed by atoms with Crippen LogP contribution in [0.1, 0.15) is 0 Å². The molecule has 0 radical (unpaired) electrons. The first-order valence-corrected chi connectivity index (χ1v) is 7.68. The molecule has 88 valence electrons. The van der Waals surface area contributed by atoms with Gasteiger partial charge in [-0.05, 0) is 0 Å². The molecule has 0 aliphatic carbocycles.